The number of nitrogens with zero attached hydrogens (tertiary/aromatic N) is 1. The van der Waals surface area contributed by atoms with Gasteiger partial charge in [-0.3, -0.25) is 4.79 Å². The molecule has 1 aliphatic rings. The Hall–Kier alpha value is -0.290. The van der Waals surface area contributed by atoms with Gasteiger partial charge in [-0.2, -0.15) is 0 Å². The summed E-state index contributed by atoms with van der Waals surface area (Å²) in [4.78, 5) is 13.6. The van der Waals surface area contributed by atoms with Gasteiger partial charge in [0.15, 0.2) is 0 Å². The van der Waals surface area contributed by atoms with E-state index in [0.29, 0.717) is 27.3 Å². The largest absolute Gasteiger partial charge is 0.386 e. The van der Waals surface area contributed by atoms with E-state index < -0.39 is 5.60 Å². The average molecular weight is 294 g/mol. The van der Waals surface area contributed by atoms with E-state index in [-0.39, 0.29) is 5.91 Å². The van der Waals surface area contributed by atoms with Crippen LogP contribution in [0.4, 0.5) is 0 Å². The lowest BCUT2D eigenvalue weighted by atomic mass is 9.89. The van der Waals surface area contributed by atoms with Crippen molar-refractivity contribution in [3.05, 3.63) is 20.3 Å². The van der Waals surface area contributed by atoms with Crippen molar-refractivity contribution in [3.8, 4) is 0 Å². The van der Waals surface area contributed by atoms with Gasteiger partial charge in [-0.15, -0.1) is 11.3 Å². The first-order valence-corrected chi connectivity index (χ1v) is 6.99. The zero-order valence-electron chi connectivity index (χ0n) is 9.37. The first kappa shape index (κ1) is 13.1. The Morgan fingerprint density at radius 3 is 2.71 bits per heavy atom. The molecule has 1 amide bonds. The zero-order chi connectivity index (χ0) is 12.6. The van der Waals surface area contributed by atoms with E-state index in [1.165, 1.54) is 11.3 Å². The third-order valence-electron chi connectivity index (χ3n) is 2.86. The highest BCUT2D eigenvalue weighted by molar-refractivity contribution is 7.20. The molecule has 0 saturated carbocycles. The molecule has 0 aliphatic carbocycles. The first-order chi connectivity index (χ1) is 7.95. The molecule has 94 valence electrons. The summed E-state index contributed by atoms with van der Waals surface area (Å²) in [5.74, 6) is -0.154. The van der Waals surface area contributed by atoms with Gasteiger partial charge in [-0.05, 0) is 12.5 Å². The highest BCUT2D eigenvalue weighted by Crippen LogP contribution is 2.34. The number of amides is 1. The molecule has 6 heteroatoms. The molecule has 0 unspecified atom stereocenters. The monoisotopic (exact) mass is 293 g/mol. The summed E-state index contributed by atoms with van der Waals surface area (Å²) >= 11 is 12.9. The van der Waals surface area contributed by atoms with Crippen LogP contribution in [0, 0.1) is 0 Å². The Labute approximate surface area is 114 Å². The van der Waals surface area contributed by atoms with Crippen molar-refractivity contribution in [2.24, 2.45) is 0 Å². The quantitative estimate of drug-likeness (QED) is 0.931. The normalized spacial score (nSPS) is 18.0. The van der Waals surface area contributed by atoms with Gasteiger partial charge in [0, 0.05) is 0 Å². The summed E-state index contributed by atoms with van der Waals surface area (Å²) in [6.07, 6.45) is 1.62. The Balaban J connectivity index is 2.02. The van der Waals surface area contributed by atoms with E-state index in [2.05, 4.69) is 0 Å². The third kappa shape index (κ3) is 2.60. The predicted molar refractivity (Wildman–Crippen MR) is 70.1 cm³/mol. The molecule has 2 heterocycles. The van der Waals surface area contributed by atoms with Gasteiger partial charge in [0.05, 0.1) is 28.6 Å². The van der Waals surface area contributed by atoms with Gasteiger partial charge in [0.25, 0.3) is 5.91 Å². The van der Waals surface area contributed by atoms with Crippen LogP contribution in [0.5, 0.6) is 0 Å². The Morgan fingerprint density at radius 1 is 1.59 bits per heavy atom. The molecule has 3 nitrogen and oxygen atoms in total. The van der Waals surface area contributed by atoms with E-state index in [1.54, 1.807) is 11.0 Å². The van der Waals surface area contributed by atoms with Crippen LogP contribution in [0.3, 0.4) is 0 Å². The van der Waals surface area contributed by atoms with Gasteiger partial charge < -0.3 is 10.0 Å². The minimum absolute atomic E-state index is 0.154. The first-order valence-electron chi connectivity index (χ1n) is 5.42. The van der Waals surface area contributed by atoms with Gasteiger partial charge >= 0.3 is 0 Å². The van der Waals surface area contributed by atoms with Crippen LogP contribution in [0.1, 0.15) is 30.1 Å². The number of aliphatic hydroxyl groups is 1. The van der Waals surface area contributed by atoms with Crippen LogP contribution in [-0.2, 0) is 0 Å². The average Bonchev–Trinajstić information content (AvgIpc) is 2.53. The maximum absolute atomic E-state index is 12.0. The topological polar surface area (TPSA) is 40.5 Å². The second kappa shape index (κ2) is 4.76. The van der Waals surface area contributed by atoms with Crippen LogP contribution in [-0.4, -0.2) is 34.6 Å². The number of rotatable bonds is 3. The SMILES string of the molecule is CCCC1(O)CN(C(=O)c2cc(Cl)sc2Cl)C1. The molecule has 1 aromatic heterocycles. The molecular weight excluding hydrogens is 281 g/mol. The standard InChI is InChI=1S/C11H13Cl2NO2S/c1-2-3-11(16)5-14(6-11)10(15)7-4-8(12)17-9(7)13/h4,16H,2-3,5-6H2,1H3. The van der Waals surface area contributed by atoms with E-state index in [0.717, 1.165) is 12.8 Å². The zero-order valence-corrected chi connectivity index (χ0v) is 11.7. The van der Waals surface area contributed by atoms with Crippen molar-refractivity contribution in [1.82, 2.24) is 4.90 Å². The van der Waals surface area contributed by atoms with Gasteiger partial charge in [-0.25, -0.2) is 0 Å². The second-order valence-corrected chi connectivity index (χ2v) is 6.66. The summed E-state index contributed by atoms with van der Waals surface area (Å²) in [6.45, 7) is 2.77. The molecule has 1 aliphatic heterocycles. The molecule has 0 atom stereocenters. The molecule has 1 fully saturated rings. The maximum atomic E-state index is 12.0. The Morgan fingerprint density at radius 2 is 2.24 bits per heavy atom. The molecule has 0 radical (unpaired) electrons. The Kier molecular flexibility index (Phi) is 3.69. The fourth-order valence-corrected chi connectivity index (χ4v) is 3.54. The summed E-state index contributed by atoms with van der Waals surface area (Å²) in [5.41, 5.74) is -0.281. The van der Waals surface area contributed by atoms with E-state index >= 15 is 0 Å². The number of hydrogen-bond acceptors (Lipinski definition) is 3. The molecule has 17 heavy (non-hydrogen) atoms. The number of β-amino-alcohol motifs (C(OH)–C–C–N with tert-alkyl or cyclic N) is 1. The van der Waals surface area contributed by atoms with Crippen LogP contribution in [0.15, 0.2) is 6.07 Å². The summed E-state index contributed by atoms with van der Waals surface area (Å²) in [6, 6.07) is 1.58. The number of carbonyl (C=O) groups excluding carboxylic acids is 1. The molecule has 1 saturated heterocycles. The number of thiophene rings is 1. The van der Waals surface area contributed by atoms with Crippen molar-refractivity contribution >= 4 is 40.4 Å². The number of hydrogen-bond donors (Lipinski definition) is 1. The molecule has 2 rings (SSSR count). The molecule has 1 aromatic rings. The second-order valence-electron chi connectivity index (χ2n) is 4.37. The fourth-order valence-electron chi connectivity index (χ4n) is 2.09. The number of likely N-dealkylation sites (tertiary alicyclic amines) is 1. The lowest BCUT2D eigenvalue weighted by Crippen LogP contribution is -2.63. The highest BCUT2D eigenvalue weighted by Gasteiger charge is 2.43. The predicted octanol–water partition coefficient (Wildman–Crippen LogP) is 3.04. The van der Waals surface area contributed by atoms with Gasteiger partial charge in [0.2, 0.25) is 0 Å². The maximum Gasteiger partial charge on any atom is 0.256 e. The van der Waals surface area contributed by atoms with Crippen LogP contribution < -0.4 is 0 Å². The lowest BCUT2D eigenvalue weighted by Gasteiger charge is -2.46. The number of carbonyl (C=O) groups is 1. The molecule has 0 spiro atoms. The van der Waals surface area contributed by atoms with E-state index in [4.69, 9.17) is 23.2 Å². The van der Waals surface area contributed by atoms with Crippen molar-refractivity contribution in [2.75, 3.05) is 13.1 Å². The van der Waals surface area contributed by atoms with Gasteiger partial charge in [0.1, 0.15) is 4.34 Å². The summed E-state index contributed by atoms with van der Waals surface area (Å²) in [7, 11) is 0. The van der Waals surface area contributed by atoms with Gasteiger partial charge in [-0.1, -0.05) is 36.5 Å². The molecule has 0 bridgehead atoms. The molecule has 0 aromatic carbocycles. The number of halogens is 2. The van der Waals surface area contributed by atoms with E-state index in [9.17, 15) is 9.90 Å². The van der Waals surface area contributed by atoms with Crippen LogP contribution >= 0.6 is 34.5 Å². The van der Waals surface area contributed by atoms with Crippen molar-refractivity contribution < 1.29 is 9.90 Å². The lowest BCUT2D eigenvalue weighted by molar-refractivity contribution is -0.0859. The van der Waals surface area contributed by atoms with Crippen LogP contribution in [0.25, 0.3) is 0 Å². The summed E-state index contributed by atoms with van der Waals surface area (Å²) < 4.78 is 0.911. The van der Waals surface area contributed by atoms with E-state index in [1.807, 2.05) is 6.92 Å². The molecule has 1 N–H and O–H groups in total. The van der Waals surface area contributed by atoms with Crippen molar-refractivity contribution in [3.63, 3.8) is 0 Å². The Bertz CT molecular complexity index is 441. The summed E-state index contributed by atoms with van der Waals surface area (Å²) in [5, 5.41) is 10.0. The minimum atomic E-state index is -0.712. The van der Waals surface area contributed by atoms with Crippen molar-refractivity contribution in [2.45, 2.75) is 25.4 Å². The van der Waals surface area contributed by atoms with Crippen molar-refractivity contribution in [1.29, 1.82) is 0 Å². The smallest absolute Gasteiger partial charge is 0.256 e. The highest BCUT2D eigenvalue weighted by atomic mass is 35.5. The minimum Gasteiger partial charge on any atom is -0.386 e. The fraction of sp³-hybridized carbons (Fsp3) is 0.545. The van der Waals surface area contributed by atoms with Crippen LogP contribution in [0.2, 0.25) is 8.67 Å². The third-order valence-corrected chi connectivity index (χ3v) is 4.35. The molecular formula is C11H13Cl2NO2S.